The molecule has 1 aromatic carbocycles. The maximum atomic E-state index is 12.1. The SMILES string of the molecule is CCOc1ccccc1-n1nnnc1SCc1cc(=O)n2ccsc2n1. The summed E-state index contributed by atoms with van der Waals surface area (Å²) in [7, 11) is 0. The van der Waals surface area contributed by atoms with Gasteiger partial charge in [-0.2, -0.15) is 4.68 Å². The lowest BCUT2D eigenvalue weighted by atomic mass is 10.3. The van der Waals surface area contributed by atoms with Gasteiger partial charge < -0.3 is 4.74 Å². The monoisotopic (exact) mass is 386 g/mol. The van der Waals surface area contributed by atoms with Crippen LogP contribution >= 0.6 is 23.1 Å². The van der Waals surface area contributed by atoms with E-state index in [9.17, 15) is 4.79 Å². The second-order valence-electron chi connectivity index (χ2n) is 5.20. The highest BCUT2D eigenvalue weighted by Gasteiger charge is 2.14. The summed E-state index contributed by atoms with van der Waals surface area (Å²) in [4.78, 5) is 17.3. The van der Waals surface area contributed by atoms with Gasteiger partial charge in [0.15, 0.2) is 4.96 Å². The van der Waals surface area contributed by atoms with Crippen molar-refractivity contribution in [1.29, 1.82) is 0 Å². The van der Waals surface area contributed by atoms with Crippen molar-refractivity contribution in [2.75, 3.05) is 6.61 Å². The van der Waals surface area contributed by atoms with Crippen LogP contribution in [0.1, 0.15) is 12.6 Å². The molecule has 3 heterocycles. The van der Waals surface area contributed by atoms with Crippen molar-refractivity contribution in [2.24, 2.45) is 0 Å². The van der Waals surface area contributed by atoms with Crippen LogP contribution in [0.5, 0.6) is 5.75 Å². The first-order valence-electron chi connectivity index (χ1n) is 7.85. The zero-order valence-electron chi connectivity index (χ0n) is 13.8. The van der Waals surface area contributed by atoms with Gasteiger partial charge in [0.2, 0.25) is 5.16 Å². The number of benzene rings is 1. The van der Waals surface area contributed by atoms with Crippen LogP contribution < -0.4 is 10.3 Å². The van der Waals surface area contributed by atoms with Gasteiger partial charge >= 0.3 is 0 Å². The van der Waals surface area contributed by atoms with E-state index in [1.165, 1.54) is 33.6 Å². The van der Waals surface area contributed by atoms with Crippen LogP contribution in [0.3, 0.4) is 0 Å². The van der Waals surface area contributed by atoms with Crippen LogP contribution in [-0.2, 0) is 5.75 Å². The number of rotatable bonds is 6. The maximum absolute atomic E-state index is 12.1. The van der Waals surface area contributed by atoms with E-state index in [2.05, 4.69) is 20.5 Å². The minimum atomic E-state index is -0.0897. The Morgan fingerprint density at radius 3 is 3.08 bits per heavy atom. The third-order valence-electron chi connectivity index (χ3n) is 3.54. The van der Waals surface area contributed by atoms with Crippen LogP contribution in [0, 0.1) is 0 Å². The number of aromatic nitrogens is 6. The number of thioether (sulfide) groups is 1. The molecule has 0 unspecified atom stereocenters. The first-order chi connectivity index (χ1) is 12.8. The summed E-state index contributed by atoms with van der Waals surface area (Å²) in [5.41, 5.74) is 1.37. The molecule has 4 rings (SSSR count). The molecule has 0 aliphatic carbocycles. The van der Waals surface area contributed by atoms with Crippen molar-refractivity contribution in [2.45, 2.75) is 17.8 Å². The first-order valence-corrected chi connectivity index (χ1v) is 9.72. The largest absolute Gasteiger partial charge is 0.492 e. The zero-order chi connectivity index (χ0) is 17.9. The standard InChI is InChI=1S/C16H14N6O2S2/c1-2-24-13-6-4-3-5-12(13)22-16(18-19-20-22)26-10-11-9-14(23)21-7-8-25-15(21)17-11/h3-9H,2,10H2,1H3. The highest BCUT2D eigenvalue weighted by Crippen LogP contribution is 2.27. The Bertz CT molecular complexity index is 1100. The summed E-state index contributed by atoms with van der Waals surface area (Å²) < 4.78 is 8.81. The normalized spacial score (nSPS) is 11.1. The molecule has 3 aromatic heterocycles. The fourth-order valence-corrected chi connectivity index (χ4v) is 3.94. The number of thiazole rings is 1. The second-order valence-corrected chi connectivity index (χ2v) is 7.02. The zero-order valence-corrected chi connectivity index (χ0v) is 15.4. The van der Waals surface area contributed by atoms with Crippen LogP contribution in [0.2, 0.25) is 0 Å². The molecule has 10 heteroatoms. The summed E-state index contributed by atoms with van der Waals surface area (Å²) in [6.45, 7) is 2.48. The molecule has 26 heavy (non-hydrogen) atoms. The lowest BCUT2D eigenvalue weighted by molar-refractivity contribution is 0.337. The van der Waals surface area contributed by atoms with Crippen LogP contribution in [0.25, 0.3) is 10.6 Å². The third kappa shape index (κ3) is 3.20. The van der Waals surface area contributed by atoms with Crippen LogP contribution in [0.4, 0.5) is 0 Å². The van der Waals surface area contributed by atoms with Crippen molar-refractivity contribution in [3.8, 4) is 11.4 Å². The second kappa shape index (κ2) is 7.26. The molecule has 0 atom stereocenters. The van der Waals surface area contributed by atoms with Crippen LogP contribution in [-0.4, -0.2) is 36.2 Å². The van der Waals surface area contributed by atoms with Gasteiger partial charge in [-0.3, -0.25) is 9.20 Å². The van der Waals surface area contributed by atoms with Gasteiger partial charge in [0.05, 0.1) is 12.3 Å². The molecule has 8 nitrogen and oxygen atoms in total. The fourth-order valence-electron chi connectivity index (χ4n) is 2.43. The number of hydrogen-bond acceptors (Lipinski definition) is 8. The van der Waals surface area contributed by atoms with Gasteiger partial charge in [0.1, 0.15) is 11.4 Å². The van der Waals surface area contributed by atoms with Gasteiger partial charge in [-0.1, -0.05) is 23.9 Å². The molecule has 0 fully saturated rings. The number of tetrazole rings is 1. The Hall–Kier alpha value is -2.72. The Balaban J connectivity index is 1.60. The van der Waals surface area contributed by atoms with Crippen LogP contribution in [0.15, 0.2) is 51.9 Å². The molecule has 132 valence electrons. The average molecular weight is 386 g/mol. The molecule has 0 bridgehead atoms. The van der Waals surface area contributed by atoms with E-state index in [0.717, 1.165) is 5.69 Å². The Morgan fingerprint density at radius 2 is 2.19 bits per heavy atom. The molecule has 0 spiro atoms. The van der Waals surface area contributed by atoms with Crippen molar-refractivity contribution in [1.82, 2.24) is 29.6 Å². The molecule has 0 radical (unpaired) electrons. The summed E-state index contributed by atoms with van der Waals surface area (Å²) in [6, 6.07) is 9.12. The fraction of sp³-hybridized carbons (Fsp3) is 0.188. The minimum Gasteiger partial charge on any atom is -0.492 e. The number of ether oxygens (including phenoxy) is 1. The predicted octanol–water partition coefficient (Wildman–Crippen LogP) is 2.42. The molecule has 4 aromatic rings. The summed E-state index contributed by atoms with van der Waals surface area (Å²) in [5, 5.41) is 14.4. The highest BCUT2D eigenvalue weighted by atomic mass is 32.2. The van der Waals surface area contributed by atoms with Crippen molar-refractivity contribution in [3.05, 3.63) is 58.0 Å². The van der Waals surface area contributed by atoms with Gasteiger partial charge in [0, 0.05) is 23.4 Å². The summed E-state index contributed by atoms with van der Waals surface area (Å²) >= 11 is 2.84. The molecule has 0 aliphatic rings. The van der Waals surface area contributed by atoms with E-state index in [1.807, 2.05) is 36.6 Å². The summed E-state index contributed by atoms with van der Waals surface area (Å²) in [6.07, 6.45) is 1.72. The number of nitrogens with zero attached hydrogens (tertiary/aromatic N) is 6. The van der Waals surface area contributed by atoms with Crippen molar-refractivity contribution < 1.29 is 4.74 Å². The van der Waals surface area contributed by atoms with Crippen molar-refractivity contribution in [3.63, 3.8) is 0 Å². The van der Waals surface area contributed by atoms with E-state index in [4.69, 9.17) is 4.74 Å². The van der Waals surface area contributed by atoms with Gasteiger partial charge in [-0.15, -0.1) is 16.4 Å². The molecule has 0 amide bonds. The molecule has 0 saturated carbocycles. The van der Waals surface area contributed by atoms with E-state index in [0.29, 0.717) is 33.9 Å². The molecular formula is C16H14N6O2S2. The summed E-state index contributed by atoms with van der Waals surface area (Å²) in [5.74, 6) is 1.20. The lowest BCUT2D eigenvalue weighted by Crippen LogP contribution is -2.12. The van der Waals surface area contributed by atoms with Gasteiger partial charge in [-0.25, -0.2) is 4.98 Å². The Kier molecular flexibility index (Phi) is 4.67. The van der Waals surface area contributed by atoms with E-state index in [1.54, 1.807) is 10.9 Å². The molecule has 0 N–H and O–H groups in total. The Labute approximate surface area is 156 Å². The Morgan fingerprint density at radius 1 is 1.31 bits per heavy atom. The van der Waals surface area contributed by atoms with E-state index in [-0.39, 0.29) is 5.56 Å². The molecule has 0 aliphatic heterocycles. The molecular weight excluding hydrogens is 372 g/mol. The highest BCUT2D eigenvalue weighted by molar-refractivity contribution is 7.98. The quantitative estimate of drug-likeness (QED) is 0.470. The first kappa shape index (κ1) is 16.7. The average Bonchev–Trinajstić information content (AvgIpc) is 3.30. The van der Waals surface area contributed by atoms with Crippen molar-refractivity contribution >= 4 is 28.1 Å². The molecule has 0 saturated heterocycles. The third-order valence-corrected chi connectivity index (χ3v) is 5.25. The maximum Gasteiger partial charge on any atom is 0.258 e. The predicted molar refractivity (Wildman–Crippen MR) is 99.2 cm³/mol. The van der Waals surface area contributed by atoms with Gasteiger partial charge in [0.25, 0.3) is 5.56 Å². The topological polar surface area (TPSA) is 87.2 Å². The van der Waals surface area contributed by atoms with Gasteiger partial charge in [-0.05, 0) is 29.5 Å². The van der Waals surface area contributed by atoms with E-state index < -0.39 is 0 Å². The van der Waals surface area contributed by atoms with E-state index >= 15 is 0 Å². The minimum absolute atomic E-state index is 0.0897. The smallest absolute Gasteiger partial charge is 0.258 e. The number of para-hydroxylation sites is 2. The lowest BCUT2D eigenvalue weighted by Gasteiger charge is -2.10. The number of fused-ring (bicyclic) bond motifs is 1. The number of hydrogen-bond donors (Lipinski definition) is 0.